The SMILES string of the molecule is CC(Nc1nc(Cl)ncc1Br)c1ccccc1F. The first-order chi connectivity index (χ1) is 8.58. The van der Waals surface area contributed by atoms with Gasteiger partial charge in [0.15, 0.2) is 0 Å². The molecule has 0 aliphatic heterocycles. The lowest BCUT2D eigenvalue weighted by Gasteiger charge is -2.16. The van der Waals surface area contributed by atoms with Crippen LogP contribution in [0.15, 0.2) is 34.9 Å². The molecule has 2 aromatic rings. The standard InChI is InChI=1S/C12H10BrClFN3/c1-7(8-4-2-3-5-10(8)15)17-11-9(13)6-16-12(14)18-11/h2-7H,1H3,(H,16,17,18). The Balaban J connectivity index is 2.24. The van der Waals surface area contributed by atoms with Gasteiger partial charge in [-0.25, -0.2) is 9.37 Å². The predicted octanol–water partition coefficient (Wildman–Crippen LogP) is 4.20. The Morgan fingerprint density at radius 2 is 2.11 bits per heavy atom. The molecule has 18 heavy (non-hydrogen) atoms. The summed E-state index contributed by atoms with van der Waals surface area (Å²) in [5.41, 5.74) is 0.569. The van der Waals surface area contributed by atoms with E-state index < -0.39 is 0 Å². The summed E-state index contributed by atoms with van der Waals surface area (Å²) < 4.78 is 14.3. The molecular weight excluding hydrogens is 321 g/mol. The number of hydrogen-bond acceptors (Lipinski definition) is 3. The van der Waals surface area contributed by atoms with E-state index in [2.05, 4.69) is 31.2 Å². The lowest BCUT2D eigenvalue weighted by atomic mass is 10.1. The molecule has 6 heteroatoms. The van der Waals surface area contributed by atoms with Gasteiger partial charge in [0.25, 0.3) is 0 Å². The van der Waals surface area contributed by atoms with Gasteiger partial charge < -0.3 is 5.32 Å². The monoisotopic (exact) mass is 329 g/mol. The second kappa shape index (κ2) is 5.63. The van der Waals surface area contributed by atoms with Crippen LogP contribution in [0, 0.1) is 5.82 Å². The number of halogens is 3. The molecule has 0 aliphatic rings. The van der Waals surface area contributed by atoms with Crippen molar-refractivity contribution in [1.82, 2.24) is 9.97 Å². The summed E-state index contributed by atoms with van der Waals surface area (Å²) in [5.74, 6) is 0.277. The van der Waals surface area contributed by atoms with Gasteiger partial charge >= 0.3 is 0 Å². The Kier molecular flexibility index (Phi) is 4.14. The molecule has 0 saturated carbocycles. The van der Waals surface area contributed by atoms with Crippen molar-refractivity contribution in [3.63, 3.8) is 0 Å². The van der Waals surface area contributed by atoms with Crippen molar-refractivity contribution in [2.24, 2.45) is 0 Å². The van der Waals surface area contributed by atoms with Crippen molar-refractivity contribution in [3.8, 4) is 0 Å². The van der Waals surface area contributed by atoms with E-state index in [0.29, 0.717) is 15.9 Å². The third kappa shape index (κ3) is 2.97. The Hall–Kier alpha value is -1.20. The third-order valence-corrected chi connectivity index (χ3v) is 3.20. The van der Waals surface area contributed by atoms with Crippen molar-refractivity contribution in [2.75, 3.05) is 5.32 Å². The van der Waals surface area contributed by atoms with Gasteiger partial charge in [0, 0.05) is 11.8 Å². The summed E-state index contributed by atoms with van der Waals surface area (Å²) in [6.45, 7) is 1.85. The van der Waals surface area contributed by atoms with Crippen LogP contribution in [0.5, 0.6) is 0 Å². The summed E-state index contributed by atoms with van der Waals surface area (Å²) in [7, 11) is 0. The minimum atomic E-state index is -0.256. The molecule has 1 atom stereocenters. The van der Waals surface area contributed by atoms with Crippen molar-refractivity contribution in [3.05, 3.63) is 51.6 Å². The smallest absolute Gasteiger partial charge is 0.224 e. The second-order valence-corrected chi connectivity index (χ2v) is 4.92. The molecule has 0 spiro atoms. The summed E-state index contributed by atoms with van der Waals surface area (Å²) in [6.07, 6.45) is 1.55. The van der Waals surface area contributed by atoms with Gasteiger partial charge in [-0.05, 0) is 40.5 Å². The Morgan fingerprint density at radius 3 is 2.83 bits per heavy atom. The van der Waals surface area contributed by atoms with Gasteiger partial charge in [-0.1, -0.05) is 18.2 Å². The molecule has 1 aromatic carbocycles. The highest BCUT2D eigenvalue weighted by Crippen LogP contribution is 2.26. The largest absolute Gasteiger partial charge is 0.362 e. The van der Waals surface area contributed by atoms with Crippen molar-refractivity contribution in [1.29, 1.82) is 0 Å². The zero-order valence-corrected chi connectivity index (χ0v) is 11.8. The van der Waals surface area contributed by atoms with Crippen LogP contribution in [-0.4, -0.2) is 9.97 Å². The summed E-state index contributed by atoms with van der Waals surface area (Å²) in [4.78, 5) is 7.87. The summed E-state index contributed by atoms with van der Waals surface area (Å²) in [5, 5.41) is 3.23. The molecule has 0 radical (unpaired) electrons. The maximum Gasteiger partial charge on any atom is 0.224 e. The molecule has 0 bridgehead atoms. The van der Waals surface area contributed by atoms with Crippen LogP contribution in [0.2, 0.25) is 5.28 Å². The average molecular weight is 331 g/mol. The van der Waals surface area contributed by atoms with E-state index >= 15 is 0 Å². The molecule has 2 rings (SSSR count). The summed E-state index contributed by atoms with van der Waals surface area (Å²) >= 11 is 9.03. The molecule has 1 aromatic heterocycles. The number of aromatic nitrogens is 2. The molecule has 3 nitrogen and oxygen atoms in total. The molecule has 0 saturated heterocycles. The van der Waals surface area contributed by atoms with Gasteiger partial charge in [-0.2, -0.15) is 4.98 Å². The average Bonchev–Trinajstić information content (AvgIpc) is 2.34. The molecular formula is C12H10BrClFN3. The molecule has 0 amide bonds. The second-order valence-electron chi connectivity index (χ2n) is 3.72. The van der Waals surface area contributed by atoms with E-state index in [4.69, 9.17) is 11.6 Å². The lowest BCUT2D eigenvalue weighted by Crippen LogP contribution is -2.10. The first-order valence-corrected chi connectivity index (χ1v) is 6.44. The van der Waals surface area contributed by atoms with E-state index in [1.54, 1.807) is 24.4 Å². The molecule has 0 aliphatic carbocycles. The van der Waals surface area contributed by atoms with Crippen molar-refractivity contribution >= 4 is 33.3 Å². The number of hydrogen-bond donors (Lipinski definition) is 1. The van der Waals surface area contributed by atoms with Crippen LogP contribution >= 0.6 is 27.5 Å². The Labute approximate surface area is 118 Å². The minimum absolute atomic E-state index is 0.140. The molecule has 1 heterocycles. The fourth-order valence-electron chi connectivity index (χ4n) is 1.56. The van der Waals surface area contributed by atoms with Gasteiger partial charge in [0.1, 0.15) is 11.6 Å². The maximum absolute atomic E-state index is 13.6. The van der Waals surface area contributed by atoms with Crippen LogP contribution in [-0.2, 0) is 0 Å². The predicted molar refractivity (Wildman–Crippen MR) is 73.2 cm³/mol. The molecule has 0 fully saturated rings. The van der Waals surface area contributed by atoms with Gasteiger partial charge in [0.2, 0.25) is 5.28 Å². The van der Waals surface area contributed by atoms with Gasteiger partial charge in [-0.15, -0.1) is 0 Å². The zero-order chi connectivity index (χ0) is 13.1. The minimum Gasteiger partial charge on any atom is -0.362 e. The maximum atomic E-state index is 13.6. The quantitative estimate of drug-likeness (QED) is 0.857. The topological polar surface area (TPSA) is 37.8 Å². The van der Waals surface area contributed by atoms with Crippen LogP contribution in [0.1, 0.15) is 18.5 Å². The van der Waals surface area contributed by atoms with E-state index in [-0.39, 0.29) is 17.1 Å². The Bertz CT molecular complexity index is 565. The van der Waals surface area contributed by atoms with Crippen LogP contribution < -0.4 is 5.32 Å². The van der Waals surface area contributed by atoms with Crippen molar-refractivity contribution in [2.45, 2.75) is 13.0 Å². The Morgan fingerprint density at radius 1 is 1.39 bits per heavy atom. The van der Waals surface area contributed by atoms with Gasteiger partial charge in [0.05, 0.1) is 10.5 Å². The van der Waals surface area contributed by atoms with Crippen LogP contribution in [0.25, 0.3) is 0 Å². The van der Waals surface area contributed by atoms with Crippen molar-refractivity contribution < 1.29 is 4.39 Å². The van der Waals surface area contributed by atoms with Gasteiger partial charge in [-0.3, -0.25) is 0 Å². The number of nitrogens with zero attached hydrogens (tertiary/aromatic N) is 2. The van der Waals surface area contributed by atoms with E-state index in [0.717, 1.165) is 0 Å². The highest BCUT2D eigenvalue weighted by atomic mass is 79.9. The fourth-order valence-corrected chi connectivity index (χ4v) is 1.99. The van der Waals surface area contributed by atoms with Crippen LogP contribution in [0.4, 0.5) is 10.2 Å². The summed E-state index contributed by atoms with van der Waals surface area (Å²) in [6, 6.07) is 6.37. The zero-order valence-electron chi connectivity index (χ0n) is 9.49. The first kappa shape index (κ1) is 13.2. The first-order valence-electron chi connectivity index (χ1n) is 5.27. The fraction of sp³-hybridized carbons (Fsp3) is 0.167. The molecule has 1 N–H and O–H groups in total. The molecule has 94 valence electrons. The molecule has 1 unspecified atom stereocenters. The lowest BCUT2D eigenvalue weighted by molar-refractivity contribution is 0.600. The van der Waals surface area contributed by atoms with E-state index in [1.807, 2.05) is 6.92 Å². The van der Waals surface area contributed by atoms with Crippen LogP contribution in [0.3, 0.4) is 0 Å². The number of anilines is 1. The van der Waals surface area contributed by atoms with E-state index in [9.17, 15) is 4.39 Å². The number of benzene rings is 1. The normalized spacial score (nSPS) is 12.2. The van der Waals surface area contributed by atoms with E-state index in [1.165, 1.54) is 6.07 Å². The highest BCUT2D eigenvalue weighted by molar-refractivity contribution is 9.10. The number of nitrogens with one attached hydrogen (secondary N) is 1. The number of rotatable bonds is 3. The highest BCUT2D eigenvalue weighted by Gasteiger charge is 2.12. The third-order valence-electron chi connectivity index (χ3n) is 2.44.